The number of nitrogens with zero attached hydrogens (tertiary/aromatic N) is 2. The maximum absolute atomic E-state index is 10.8. The number of amides is 1. The Morgan fingerprint density at radius 2 is 2.07 bits per heavy atom. The van der Waals surface area contributed by atoms with E-state index in [1.165, 1.54) is 13.0 Å². The maximum Gasteiger partial charge on any atom is 0.257 e. The molecular formula is C6H8N4O3S. The third-order valence-corrected chi connectivity index (χ3v) is 2.04. The van der Waals surface area contributed by atoms with E-state index < -0.39 is 10.0 Å². The molecule has 0 atom stereocenters. The molecule has 0 bridgehead atoms. The van der Waals surface area contributed by atoms with Crippen LogP contribution < -0.4 is 10.5 Å². The molecule has 0 fully saturated rings. The summed E-state index contributed by atoms with van der Waals surface area (Å²) < 4.78 is 21.5. The summed E-state index contributed by atoms with van der Waals surface area (Å²) in [5.74, 6) is -0.146. The molecule has 0 aliphatic rings. The molecule has 1 aromatic heterocycles. The summed E-state index contributed by atoms with van der Waals surface area (Å²) in [5, 5.41) is 13.6. The highest BCUT2D eigenvalue weighted by molar-refractivity contribution is 7.89. The minimum atomic E-state index is -3.83. The number of carbonyl (C=O) groups excluding carboxylic acids is 1. The Morgan fingerprint density at radius 1 is 1.43 bits per heavy atom. The molecule has 3 N–H and O–H groups in total. The van der Waals surface area contributed by atoms with Gasteiger partial charge < -0.3 is 5.32 Å². The summed E-state index contributed by atoms with van der Waals surface area (Å²) in [6, 6.07) is 2.46. The SMILES string of the molecule is CC(=O)Nc1ccc(S(N)(=O)=O)nn1. The van der Waals surface area contributed by atoms with Gasteiger partial charge in [0.2, 0.25) is 5.91 Å². The Bertz CT molecular complexity index is 439. The van der Waals surface area contributed by atoms with Gasteiger partial charge in [-0.25, -0.2) is 13.6 Å². The standard InChI is InChI=1S/C6H8N4O3S/c1-4(11)8-5-2-3-6(10-9-5)14(7,12)13/h2-3H,1H3,(H2,7,12,13)(H,8,9,11). The van der Waals surface area contributed by atoms with E-state index in [0.29, 0.717) is 0 Å². The third kappa shape index (κ3) is 2.75. The molecular weight excluding hydrogens is 208 g/mol. The first-order valence-electron chi connectivity index (χ1n) is 3.54. The molecule has 1 heterocycles. The summed E-state index contributed by atoms with van der Waals surface area (Å²) in [4.78, 5) is 10.6. The smallest absolute Gasteiger partial charge is 0.257 e. The van der Waals surface area contributed by atoms with Gasteiger partial charge in [-0.3, -0.25) is 4.79 Å². The number of rotatable bonds is 2. The predicted molar refractivity (Wildman–Crippen MR) is 47.7 cm³/mol. The normalized spacial score (nSPS) is 11.0. The second-order valence-corrected chi connectivity index (χ2v) is 3.99. The average Bonchev–Trinajstić information content (AvgIpc) is 2.02. The number of primary sulfonamides is 1. The Balaban J connectivity index is 2.95. The Labute approximate surface area is 80.4 Å². The first-order valence-corrected chi connectivity index (χ1v) is 5.08. The summed E-state index contributed by atoms with van der Waals surface area (Å²) in [7, 11) is -3.83. The van der Waals surface area contributed by atoms with Crippen LogP contribution in [-0.4, -0.2) is 24.5 Å². The first-order chi connectivity index (χ1) is 6.39. The van der Waals surface area contributed by atoms with Crippen molar-refractivity contribution < 1.29 is 13.2 Å². The van der Waals surface area contributed by atoms with E-state index >= 15 is 0 Å². The van der Waals surface area contributed by atoms with Crippen molar-refractivity contribution in [2.45, 2.75) is 11.9 Å². The van der Waals surface area contributed by atoms with Gasteiger partial charge in [0, 0.05) is 6.92 Å². The van der Waals surface area contributed by atoms with Gasteiger partial charge in [0.05, 0.1) is 0 Å². The maximum atomic E-state index is 10.8. The third-order valence-electron chi connectivity index (χ3n) is 1.24. The van der Waals surface area contributed by atoms with Crippen molar-refractivity contribution in [3.63, 3.8) is 0 Å². The summed E-state index contributed by atoms with van der Waals surface area (Å²) in [6.07, 6.45) is 0. The zero-order valence-corrected chi connectivity index (χ0v) is 8.08. The summed E-state index contributed by atoms with van der Waals surface area (Å²) in [5.41, 5.74) is 0. The lowest BCUT2D eigenvalue weighted by Gasteiger charge is -1.99. The Hall–Kier alpha value is -1.54. The van der Waals surface area contributed by atoms with Crippen molar-refractivity contribution in [2.75, 3.05) is 5.32 Å². The van der Waals surface area contributed by atoms with Crippen LogP contribution in [0.4, 0.5) is 5.82 Å². The summed E-state index contributed by atoms with van der Waals surface area (Å²) >= 11 is 0. The lowest BCUT2D eigenvalue weighted by atomic mass is 10.5. The van der Waals surface area contributed by atoms with Crippen molar-refractivity contribution in [1.29, 1.82) is 0 Å². The zero-order chi connectivity index (χ0) is 10.8. The number of anilines is 1. The van der Waals surface area contributed by atoms with Crippen molar-refractivity contribution in [2.24, 2.45) is 5.14 Å². The van der Waals surface area contributed by atoms with Crippen molar-refractivity contribution >= 4 is 21.7 Å². The molecule has 0 aromatic carbocycles. The van der Waals surface area contributed by atoms with E-state index in [9.17, 15) is 13.2 Å². The van der Waals surface area contributed by atoms with Gasteiger partial charge in [0.1, 0.15) is 0 Å². The molecule has 0 saturated carbocycles. The van der Waals surface area contributed by atoms with Gasteiger partial charge in [-0.15, -0.1) is 10.2 Å². The minimum absolute atomic E-state index is 0.171. The van der Waals surface area contributed by atoms with Crippen LogP contribution in [0, 0.1) is 0 Å². The molecule has 14 heavy (non-hydrogen) atoms. The molecule has 1 aromatic rings. The van der Waals surface area contributed by atoms with Gasteiger partial charge >= 0.3 is 0 Å². The van der Waals surface area contributed by atoms with Crippen molar-refractivity contribution in [3.05, 3.63) is 12.1 Å². The number of nitrogens with one attached hydrogen (secondary N) is 1. The van der Waals surface area contributed by atoms with Gasteiger partial charge in [-0.1, -0.05) is 0 Å². The van der Waals surface area contributed by atoms with E-state index in [4.69, 9.17) is 5.14 Å². The number of hydrogen-bond acceptors (Lipinski definition) is 5. The highest BCUT2D eigenvalue weighted by Gasteiger charge is 2.09. The molecule has 7 nitrogen and oxygen atoms in total. The number of carbonyl (C=O) groups is 1. The van der Waals surface area contributed by atoms with Gasteiger partial charge in [-0.2, -0.15) is 0 Å². The van der Waals surface area contributed by atoms with Crippen LogP contribution in [0.25, 0.3) is 0 Å². The second-order valence-electron chi connectivity index (χ2n) is 2.48. The molecule has 1 rings (SSSR count). The molecule has 0 radical (unpaired) electrons. The molecule has 0 spiro atoms. The number of sulfonamides is 1. The number of aromatic nitrogens is 2. The second kappa shape index (κ2) is 3.68. The van der Waals surface area contributed by atoms with E-state index in [1.807, 2.05) is 0 Å². The minimum Gasteiger partial charge on any atom is -0.309 e. The van der Waals surface area contributed by atoms with Crippen LogP contribution >= 0.6 is 0 Å². The monoisotopic (exact) mass is 216 g/mol. The molecule has 0 saturated heterocycles. The quantitative estimate of drug-likeness (QED) is 0.663. The average molecular weight is 216 g/mol. The molecule has 8 heteroatoms. The predicted octanol–water partition coefficient (Wildman–Crippen LogP) is -0.918. The largest absolute Gasteiger partial charge is 0.309 e. The fourth-order valence-corrected chi connectivity index (χ4v) is 1.13. The molecule has 76 valence electrons. The van der Waals surface area contributed by atoms with Crippen LogP contribution in [0.1, 0.15) is 6.92 Å². The van der Waals surface area contributed by atoms with Gasteiger partial charge in [0.25, 0.3) is 10.0 Å². The van der Waals surface area contributed by atoms with E-state index in [2.05, 4.69) is 15.5 Å². The van der Waals surface area contributed by atoms with Crippen LogP contribution in [0.2, 0.25) is 0 Å². The highest BCUT2D eigenvalue weighted by Crippen LogP contribution is 2.04. The van der Waals surface area contributed by atoms with Crippen LogP contribution in [0.5, 0.6) is 0 Å². The fourth-order valence-electron chi connectivity index (χ4n) is 0.719. The highest BCUT2D eigenvalue weighted by atomic mass is 32.2. The summed E-state index contributed by atoms with van der Waals surface area (Å²) in [6.45, 7) is 1.30. The fraction of sp³-hybridized carbons (Fsp3) is 0.167. The molecule has 1 amide bonds. The first kappa shape index (κ1) is 10.5. The van der Waals surface area contributed by atoms with E-state index in [0.717, 1.165) is 6.07 Å². The van der Waals surface area contributed by atoms with Crippen LogP contribution in [0.15, 0.2) is 17.2 Å². The Kier molecular flexibility index (Phi) is 2.77. The van der Waals surface area contributed by atoms with Crippen molar-refractivity contribution in [1.82, 2.24) is 10.2 Å². The van der Waals surface area contributed by atoms with E-state index in [-0.39, 0.29) is 16.8 Å². The molecule has 0 unspecified atom stereocenters. The zero-order valence-electron chi connectivity index (χ0n) is 7.26. The molecule has 0 aliphatic carbocycles. The van der Waals surface area contributed by atoms with Crippen LogP contribution in [-0.2, 0) is 14.8 Å². The lowest BCUT2D eigenvalue weighted by molar-refractivity contribution is -0.114. The van der Waals surface area contributed by atoms with Gasteiger partial charge in [-0.05, 0) is 12.1 Å². The van der Waals surface area contributed by atoms with E-state index in [1.54, 1.807) is 0 Å². The number of nitrogens with two attached hydrogens (primary N) is 1. The van der Waals surface area contributed by atoms with Gasteiger partial charge in [0.15, 0.2) is 10.8 Å². The Morgan fingerprint density at radius 3 is 2.43 bits per heavy atom. The molecule has 0 aliphatic heterocycles. The van der Waals surface area contributed by atoms with Crippen molar-refractivity contribution in [3.8, 4) is 0 Å². The van der Waals surface area contributed by atoms with Crippen LogP contribution in [0.3, 0.4) is 0 Å². The lowest BCUT2D eigenvalue weighted by Crippen LogP contribution is -2.15. The number of hydrogen-bond donors (Lipinski definition) is 2. The topological polar surface area (TPSA) is 115 Å².